The van der Waals surface area contributed by atoms with Gasteiger partial charge in [-0.05, 0) is 44.2 Å². The number of sulfone groups is 1. The molecular formula is C20H21N3O4S. The Hall–Kier alpha value is -3.00. The van der Waals surface area contributed by atoms with Gasteiger partial charge in [0.05, 0.1) is 21.5 Å². The first-order chi connectivity index (χ1) is 13.1. The summed E-state index contributed by atoms with van der Waals surface area (Å²) >= 11 is 0. The molecule has 0 spiro atoms. The van der Waals surface area contributed by atoms with Gasteiger partial charge in [0, 0.05) is 24.9 Å². The van der Waals surface area contributed by atoms with Gasteiger partial charge in [-0.25, -0.2) is 23.2 Å². The van der Waals surface area contributed by atoms with Gasteiger partial charge in [-0.2, -0.15) is 0 Å². The zero-order valence-corrected chi connectivity index (χ0v) is 16.9. The minimum Gasteiger partial charge on any atom is -0.478 e. The van der Waals surface area contributed by atoms with Crippen molar-refractivity contribution in [1.82, 2.24) is 9.97 Å². The summed E-state index contributed by atoms with van der Waals surface area (Å²) in [6, 6.07) is 11.2. The summed E-state index contributed by atoms with van der Waals surface area (Å²) in [5, 5.41) is 9.23. The molecule has 0 radical (unpaired) electrons. The fourth-order valence-corrected chi connectivity index (χ4v) is 3.35. The fourth-order valence-electron chi connectivity index (χ4n) is 2.72. The van der Waals surface area contributed by atoms with Crippen molar-refractivity contribution in [2.45, 2.75) is 24.8 Å². The van der Waals surface area contributed by atoms with E-state index >= 15 is 0 Å². The molecule has 0 atom stereocenters. The number of carboxylic acids is 1. The molecule has 0 aliphatic heterocycles. The van der Waals surface area contributed by atoms with Crippen LogP contribution in [0.15, 0.2) is 47.4 Å². The van der Waals surface area contributed by atoms with Crippen molar-refractivity contribution in [3.63, 3.8) is 0 Å². The minimum absolute atomic E-state index is 0.128. The van der Waals surface area contributed by atoms with E-state index in [0.29, 0.717) is 22.5 Å². The number of aromatic nitrogens is 2. The van der Waals surface area contributed by atoms with Crippen LogP contribution < -0.4 is 4.90 Å². The number of aromatic carboxylic acids is 1. The summed E-state index contributed by atoms with van der Waals surface area (Å²) in [5.41, 5.74) is 2.52. The number of anilines is 1. The molecule has 1 heterocycles. The quantitative estimate of drug-likeness (QED) is 0.703. The number of fused-ring (bicyclic) bond motifs is 1. The molecule has 1 aromatic heterocycles. The molecule has 3 aromatic rings. The molecule has 3 rings (SSSR count). The topological polar surface area (TPSA) is 100 Å². The van der Waals surface area contributed by atoms with Gasteiger partial charge < -0.3 is 10.0 Å². The Bertz CT molecular complexity index is 1160. The van der Waals surface area contributed by atoms with E-state index in [4.69, 9.17) is 4.98 Å². The number of nitrogens with zero attached hydrogens (tertiary/aromatic N) is 3. The standard InChI is InChI=1S/C20H21N3O4S/c1-12(2)23(3)19-18(13-5-8-15(9-6-13)28(4,26)27)21-16-10-7-14(20(24)25)11-17(16)22-19/h5-12H,1-4H3,(H,24,25). The second kappa shape index (κ2) is 7.20. The summed E-state index contributed by atoms with van der Waals surface area (Å²) in [5.74, 6) is -0.431. The predicted molar refractivity (Wildman–Crippen MR) is 109 cm³/mol. The molecule has 0 amide bonds. The van der Waals surface area contributed by atoms with Crippen LogP contribution in [0.25, 0.3) is 22.3 Å². The molecule has 0 aliphatic carbocycles. The molecule has 8 heteroatoms. The lowest BCUT2D eigenvalue weighted by Gasteiger charge is -2.25. The molecule has 7 nitrogen and oxygen atoms in total. The third-order valence-corrected chi connectivity index (χ3v) is 5.69. The van der Waals surface area contributed by atoms with Crippen LogP contribution in [0, 0.1) is 0 Å². The molecule has 0 aliphatic rings. The largest absolute Gasteiger partial charge is 0.478 e. The van der Waals surface area contributed by atoms with Crippen LogP contribution in [0.3, 0.4) is 0 Å². The van der Waals surface area contributed by atoms with Gasteiger partial charge in [0.1, 0.15) is 5.69 Å². The second-order valence-corrected chi connectivity index (χ2v) is 8.92. The average molecular weight is 399 g/mol. The Balaban J connectivity index is 2.23. The maximum absolute atomic E-state index is 11.7. The van der Waals surface area contributed by atoms with Crippen molar-refractivity contribution in [3.05, 3.63) is 48.0 Å². The zero-order chi connectivity index (χ0) is 20.6. The first-order valence-corrected chi connectivity index (χ1v) is 10.6. The first-order valence-electron chi connectivity index (χ1n) is 8.66. The Morgan fingerprint density at radius 2 is 1.68 bits per heavy atom. The third kappa shape index (κ3) is 3.82. The van der Waals surface area contributed by atoms with E-state index in [1.807, 2.05) is 25.8 Å². The van der Waals surface area contributed by atoms with Crippen molar-refractivity contribution in [2.24, 2.45) is 0 Å². The van der Waals surface area contributed by atoms with E-state index in [1.165, 1.54) is 12.1 Å². The van der Waals surface area contributed by atoms with E-state index < -0.39 is 15.8 Å². The Morgan fingerprint density at radius 1 is 1.04 bits per heavy atom. The normalized spacial score (nSPS) is 11.8. The zero-order valence-electron chi connectivity index (χ0n) is 16.0. The first kappa shape index (κ1) is 19.8. The van der Waals surface area contributed by atoms with Gasteiger partial charge >= 0.3 is 5.97 Å². The molecule has 146 valence electrons. The third-order valence-electron chi connectivity index (χ3n) is 4.56. The number of rotatable bonds is 5. The molecule has 0 saturated carbocycles. The molecule has 1 N–H and O–H groups in total. The summed E-state index contributed by atoms with van der Waals surface area (Å²) < 4.78 is 23.4. The van der Waals surface area contributed by atoms with E-state index in [-0.39, 0.29) is 16.5 Å². The fraction of sp³-hybridized carbons (Fsp3) is 0.250. The lowest BCUT2D eigenvalue weighted by molar-refractivity contribution is 0.0697. The lowest BCUT2D eigenvalue weighted by Crippen LogP contribution is -2.27. The molecule has 0 saturated heterocycles. The molecule has 2 aromatic carbocycles. The Labute approximate surface area is 163 Å². The predicted octanol–water partition coefficient (Wildman–Crippen LogP) is 3.24. The van der Waals surface area contributed by atoms with Crippen LogP contribution in [0.5, 0.6) is 0 Å². The van der Waals surface area contributed by atoms with Crippen LogP contribution in [-0.2, 0) is 9.84 Å². The van der Waals surface area contributed by atoms with Gasteiger partial charge in [0.25, 0.3) is 0 Å². The van der Waals surface area contributed by atoms with Crippen LogP contribution in [0.4, 0.5) is 5.82 Å². The van der Waals surface area contributed by atoms with E-state index in [0.717, 1.165) is 11.8 Å². The summed E-state index contributed by atoms with van der Waals surface area (Å²) in [4.78, 5) is 22.8. The van der Waals surface area contributed by atoms with E-state index in [2.05, 4.69) is 4.98 Å². The van der Waals surface area contributed by atoms with Crippen LogP contribution >= 0.6 is 0 Å². The molecule has 28 heavy (non-hydrogen) atoms. The average Bonchev–Trinajstić information content (AvgIpc) is 2.65. The van der Waals surface area contributed by atoms with Gasteiger partial charge in [-0.1, -0.05) is 12.1 Å². The summed E-state index contributed by atoms with van der Waals surface area (Å²) in [6.45, 7) is 4.02. The van der Waals surface area contributed by atoms with Crippen molar-refractivity contribution >= 4 is 32.7 Å². The number of hydrogen-bond acceptors (Lipinski definition) is 6. The Kier molecular flexibility index (Phi) is 5.08. The molecule has 0 bridgehead atoms. The number of hydrogen-bond donors (Lipinski definition) is 1. The highest BCUT2D eigenvalue weighted by Crippen LogP contribution is 2.31. The molecule has 0 unspecified atom stereocenters. The molecular weight excluding hydrogens is 378 g/mol. The summed E-state index contributed by atoms with van der Waals surface area (Å²) in [6.07, 6.45) is 1.16. The van der Waals surface area contributed by atoms with Crippen molar-refractivity contribution in [1.29, 1.82) is 0 Å². The SMILES string of the molecule is CC(C)N(C)c1nc2cc(C(=O)O)ccc2nc1-c1ccc(S(C)(=O)=O)cc1. The van der Waals surface area contributed by atoms with Crippen molar-refractivity contribution < 1.29 is 18.3 Å². The number of carboxylic acid groups (broad SMARTS) is 1. The van der Waals surface area contributed by atoms with Gasteiger partial charge in [0.15, 0.2) is 15.7 Å². The van der Waals surface area contributed by atoms with Crippen LogP contribution in [-0.4, -0.2) is 48.8 Å². The smallest absolute Gasteiger partial charge is 0.335 e. The highest BCUT2D eigenvalue weighted by atomic mass is 32.2. The Morgan fingerprint density at radius 3 is 2.21 bits per heavy atom. The van der Waals surface area contributed by atoms with E-state index in [9.17, 15) is 18.3 Å². The summed E-state index contributed by atoms with van der Waals surface area (Å²) in [7, 11) is -1.41. The van der Waals surface area contributed by atoms with Gasteiger partial charge in [-0.15, -0.1) is 0 Å². The second-order valence-electron chi connectivity index (χ2n) is 6.91. The van der Waals surface area contributed by atoms with Gasteiger partial charge in [0.2, 0.25) is 0 Å². The maximum Gasteiger partial charge on any atom is 0.335 e. The highest BCUT2D eigenvalue weighted by molar-refractivity contribution is 7.90. The monoisotopic (exact) mass is 399 g/mol. The van der Waals surface area contributed by atoms with Crippen LogP contribution in [0.2, 0.25) is 0 Å². The highest BCUT2D eigenvalue weighted by Gasteiger charge is 2.18. The minimum atomic E-state index is -3.29. The number of carbonyl (C=O) groups is 1. The molecule has 0 fully saturated rings. The van der Waals surface area contributed by atoms with E-state index in [1.54, 1.807) is 30.3 Å². The van der Waals surface area contributed by atoms with Gasteiger partial charge in [-0.3, -0.25) is 0 Å². The lowest BCUT2D eigenvalue weighted by atomic mass is 10.1. The maximum atomic E-state index is 11.7. The van der Waals surface area contributed by atoms with Crippen molar-refractivity contribution in [2.75, 3.05) is 18.2 Å². The number of benzene rings is 2. The van der Waals surface area contributed by atoms with Crippen molar-refractivity contribution in [3.8, 4) is 11.3 Å². The van der Waals surface area contributed by atoms with Crippen LogP contribution in [0.1, 0.15) is 24.2 Å².